The fourth-order valence-corrected chi connectivity index (χ4v) is 6.12. The zero-order valence-corrected chi connectivity index (χ0v) is 18.8. The lowest BCUT2D eigenvalue weighted by atomic mass is 10.1. The van der Waals surface area contributed by atoms with Crippen LogP contribution in [0.4, 0.5) is 0 Å². The predicted molar refractivity (Wildman–Crippen MR) is 111 cm³/mol. The lowest BCUT2D eigenvalue weighted by Gasteiger charge is -2.24. The number of amides is 3. The molecule has 0 radical (unpaired) electrons. The normalized spacial score (nSPS) is 11.8. The van der Waals surface area contributed by atoms with Crippen molar-refractivity contribution in [2.75, 3.05) is 13.2 Å². The summed E-state index contributed by atoms with van der Waals surface area (Å²) in [6.45, 7) is 0.394. The highest BCUT2D eigenvalue weighted by Gasteiger charge is 2.25. The fraction of sp³-hybridized carbons (Fsp3) is 0.308. The number of primary amides is 1. The topological polar surface area (TPSA) is 133 Å². The number of aliphatic hydroxyl groups is 2. The summed E-state index contributed by atoms with van der Waals surface area (Å²) in [6.07, 6.45) is -1.19. The van der Waals surface area contributed by atoms with Gasteiger partial charge in [0.1, 0.15) is 0 Å². The van der Waals surface area contributed by atoms with Crippen molar-refractivity contribution in [3.05, 3.63) is 27.9 Å². The molecule has 1 aromatic rings. The van der Waals surface area contributed by atoms with E-state index in [1.54, 1.807) is 6.07 Å². The summed E-state index contributed by atoms with van der Waals surface area (Å²) >= 11 is 5.76. The van der Waals surface area contributed by atoms with Gasteiger partial charge in [0.05, 0.1) is 30.4 Å². The zero-order valence-electron chi connectivity index (χ0n) is 12.3. The van der Waals surface area contributed by atoms with Crippen molar-refractivity contribution in [1.29, 1.82) is 0 Å². The highest BCUT2D eigenvalue weighted by atomic mass is 127. The summed E-state index contributed by atoms with van der Waals surface area (Å²) in [4.78, 5) is 35.7. The Kier molecular flexibility index (Phi) is 8.57. The Morgan fingerprint density at radius 1 is 1.25 bits per heavy atom. The van der Waals surface area contributed by atoms with Gasteiger partial charge in [-0.1, -0.05) is 0 Å². The summed E-state index contributed by atoms with van der Waals surface area (Å²) in [6, 6.07) is 1.64. The lowest BCUT2D eigenvalue weighted by Crippen LogP contribution is -2.49. The Hall–Kier alpha value is -0.260. The van der Waals surface area contributed by atoms with Gasteiger partial charge in [-0.2, -0.15) is 0 Å². The van der Waals surface area contributed by atoms with Gasteiger partial charge in [-0.05, 0) is 73.8 Å². The Morgan fingerprint density at radius 3 is 2.25 bits per heavy atom. The number of hydrazine groups is 1. The highest BCUT2D eigenvalue weighted by molar-refractivity contribution is 14.1. The lowest BCUT2D eigenvalue weighted by molar-refractivity contribution is -0.133. The van der Waals surface area contributed by atoms with Crippen LogP contribution in [0.25, 0.3) is 0 Å². The maximum Gasteiger partial charge on any atom is 0.272 e. The van der Waals surface area contributed by atoms with Gasteiger partial charge in [0.2, 0.25) is 5.91 Å². The van der Waals surface area contributed by atoms with Crippen LogP contribution in [0.3, 0.4) is 0 Å². The minimum atomic E-state index is -1.19. The molecule has 0 heterocycles. The average Bonchev–Trinajstić information content (AvgIpc) is 2.44. The number of carbonyl (C=O) groups excluding carboxylic acids is 3. The van der Waals surface area contributed by atoms with Gasteiger partial charge < -0.3 is 15.9 Å². The van der Waals surface area contributed by atoms with Crippen molar-refractivity contribution >= 4 is 85.5 Å². The van der Waals surface area contributed by atoms with E-state index in [0.29, 0.717) is 10.7 Å². The molecule has 0 saturated heterocycles. The van der Waals surface area contributed by atoms with Crippen LogP contribution in [0, 0.1) is 10.7 Å². The molecule has 0 aromatic heterocycles. The molecule has 8 nitrogen and oxygen atoms in total. The maximum atomic E-state index is 12.5. The first-order valence-electron chi connectivity index (χ1n) is 6.45. The molecule has 0 spiro atoms. The van der Waals surface area contributed by atoms with Gasteiger partial charge in [0, 0.05) is 17.6 Å². The molecule has 5 N–H and O–H groups in total. The molecule has 11 heteroatoms. The number of nitrogens with two attached hydrogens (primary N) is 1. The van der Waals surface area contributed by atoms with Gasteiger partial charge in [0.25, 0.3) is 11.8 Å². The second-order valence-electron chi connectivity index (χ2n) is 4.68. The molecule has 0 aliphatic rings. The number of benzene rings is 1. The number of aliphatic hydroxyl groups excluding tert-OH is 2. The molecule has 0 bridgehead atoms. The van der Waals surface area contributed by atoms with E-state index in [0.717, 1.165) is 5.01 Å². The van der Waals surface area contributed by atoms with Crippen LogP contribution < -0.4 is 11.2 Å². The van der Waals surface area contributed by atoms with Crippen LogP contribution in [0.5, 0.6) is 0 Å². The van der Waals surface area contributed by atoms with E-state index in [9.17, 15) is 19.5 Å². The molecule has 3 amide bonds. The van der Waals surface area contributed by atoms with Gasteiger partial charge in [-0.25, -0.2) is 0 Å². The Bertz CT molecular complexity index is 683. The maximum absolute atomic E-state index is 12.5. The third-order valence-electron chi connectivity index (χ3n) is 2.86. The SMILES string of the molecule is CC(=O)N(CC(O)CO)NC(=O)c1c(I)cc(I)c(C(N)=O)c1I. The van der Waals surface area contributed by atoms with E-state index in [4.69, 9.17) is 10.8 Å². The first kappa shape index (κ1) is 21.8. The third-order valence-corrected chi connectivity index (χ3v) is 5.64. The Balaban J connectivity index is 3.21. The van der Waals surface area contributed by atoms with Crippen molar-refractivity contribution in [2.45, 2.75) is 13.0 Å². The fourth-order valence-electron chi connectivity index (χ4n) is 1.72. The van der Waals surface area contributed by atoms with Crippen molar-refractivity contribution in [2.24, 2.45) is 5.73 Å². The Morgan fingerprint density at radius 2 is 1.79 bits per heavy atom. The van der Waals surface area contributed by atoms with Crippen molar-refractivity contribution < 1.29 is 24.6 Å². The molecule has 0 aliphatic carbocycles. The summed E-state index contributed by atoms with van der Waals surface area (Å²) < 4.78 is 1.57. The van der Waals surface area contributed by atoms with E-state index in [2.05, 4.69) is 5.43 Å². The molecule has 1 aromatic carbocycles. The van der Waals surface area contributed by atoms with Crippen molar-refractivity contribution in [3.63, 3.8) is 0 Å². The van der Waals surface area contributed by atoms with E-state index < -0.39 is 30.4 Å². The quantitative estimate of drug-likeness (QED) is 0.267. The molecule has 0 aliphatic heterocycles. The average molecular weight is 673 g/mol. The van der Waals surface area contributed by atoms with Crippen LogP contribution in [-0.2, 0) is 4.79 Å². The van der Waals surface area contributed by atoms with E-state index in [1.807, 2.05) is 67.8 Å². The second-order valence-corrected chi connectivity index (χ2v) is 8.08. The summed E-state index contributed by atoms with van der Waals surface area (Å²) in [5.74, 6) is -1.79. The van der Waals surface area contributed by atoms with Gasteiger partial charge in [-0.3, -0.25) is 24.8 Å². The summed E-state index contributed by atoms with van der Waals surface area (Å²) in [7, 11) is 0. The van der Waals surface area contributed by atoms with Gasteiger partial charge in [0.15, 0.2) is 0 Å². The Labute approximate surface area is 178 Å². The molecule has 1 atom stereocenters. The minimum Gasteiger partial charge on any atom is -0.394 e. The second kappa shape index (κ2) is 9.44. The van der Waals surface area contributed by atoms with Crippen LogP contribution in [0.2, 0.25) is 0 Å². The molecule has 1 unspecified atom stereocenters. The van der Waals surface area contributed by atoms with Crippen LogP contribution >= 0.6 is 67.8 Å². The minimum absolute atomic E-state index is 0.204. The molecule has 132 valence electrons. The summed E-state index contributed by atoms with van der Waals surface area (Å²) in [5, 5.41) is 19.2. The molecular weight excluding hydrogens is 659 g/mol. The monoisotopic (exact) mass is 673 g/mol. The number of nitrogens with one attached hydrogen (secondary N) is 1. The molecule has 24 heavy (non-hydrogen) atoms. The van der Waals surface area contributed by atoms with Crippen molar-refractivity contribution in [1.82, 2.24) is 10.4 Å². The highest BCUT2D eigenvalue weighted by Crippen LogP contribution is 2.27. The van der Waals surface area contributed by atoms with E-state index in [1.165, 1.54) is 6.92 Å². The standard InChI is InChI=1S/C13H14I3N3O5/c1-5(21)19(3-6(22)4-20)18-13(24)10-8(15)2-7(14)9(11(10)16)12(17)23/h2,6,20,22H,3-4H2,1H3,(H2,17,23)(H,18,24). The van der Waals surface area contributed by atoms with Gasteiger partial charge >= 0.3 is 0 Å². The molecular formula is C13H14I3N3O5. The molecule has 0 fully saturated rings. The number of nitrogens with zero attached hydrogens (tertiary/aromatic N) is 1. The first-order chi connectivity index (χ1) is 11.1. The zero-order chi connectivity index (χ0) is 18.6. The molecule has 0 saturated carbocycles. The van der Waals surface area contributed by atoms with Crippen molar-refractivity contribution in [3.8, 4) is 0 Å². The van der Waals surface area contributed by atoms with Crippen LogP contribution in [0.15, 0.2) is 6.07 Å². The van der Waals surface area contributed by atoms with E-state index in [-0.39, 0.29) is 17.7 Å². The van der Waals surface area contributed by atoms with Crippen LogP contribution in [-0.4, -0.2) is 52.2 Å². The smallest absolute Gasteiger partial charge is 0.272 e. The van der Waals surface area contributed by atoms with Crippen LogP contribution in [0.1, 0.15) is 27.6 Å². The number of hydrogen-bond acceptors (Lipinski definition) is 5. The number of rotatable bonds is 5. The molecule has 1 rings (SSSR count). The largest absolute Gasteiger partial charge is 0.394 e. The van der Waals surface area contributed by atoms with E-state index >= 15 is 0 Å². The number of halogens is 3. The predicted octanol–water partition coefficient (Wildman–Crippen LogP) is 0.446. The number of hydrogen-bond donors (Lipinski definition) is 4. The number of carbonyl (C=O) groups is 3. The third kappa shape index (κ3) is 5.37. The van der Waals surface area contributed by atoms with Gasteiger partial charge in [-0.15, -0.1) is 0 Å². The first-order valence-corrected chi connectivity index (χ1v) is 9.69. The summed E-state index contributed by atoms with van der Waals surface area (Å²) in [5.41, 5.74) is 8.17.